The van der Waals surface area contributed by atoms with Gasteiger partial charge in [-0.15, -0.1) is 0 Å². The van der Waals surface area contributed by atoms with Crippen molar-refractivity contribution >= 4 is 35.1 Å². The van der Waals surface area contributed by atoms with Crippen LogP contribution in [0, 0.1) is 11.8 Å². The molecule has 0 spiro atoms. The fraction of sp³-hybridized carbons (Fsp3) is 0.467. The summed E-state index contributed by atoms with van der Waals surface area (Å²) in [7, 11) is 0. The first-order chi connectivity index (χ1) is 11.1. The van der Waals surface area contributed by atoms with Gasteiger partial charge >= 0.3 is 11.9 Å². The van der Waals surface area contributed by atoms with Gasteiger partial charge in [-0.2, -0.15) is 0 Å². The van der Waals surface area contributed by atoms with Gasteiger partial charge in [0.1, 0.15) is 5.54 Å². The Balaban J connectivity index is 1.81. The molecule has 2 aliphatic rings. The normalized spacial score (nSPS) is 37.1. The molecule has 0 unspecified atom stereocenters. The van der Waals surface area contributed by atoms with E-state index in [-0.39, 0.29) is 13.0 Å². The molecule has 0 saturated heterocycles. The summed E-state index contributed by atoms with van der Waals surface area (Å²) in [5.41, 5.74) is 1.61. The largest absolute Gasteiger partial charge is 0.480 e. The van der Waals surface area contributed by atoms with Crippen molar-refractivity contribution < 1.29 is 28.9 Å². The van der Waals surface area contributed by atoms with Crippen LogP contribution in [0.4, 0.5) is 4.39 Å². The summed E-state index contributed by atoms with van der Waals surface area (Å²) in [6, 6.07) is 4.85. The maximum absolute atomic E-state index is 14.4. The molecule has 2 aliphatic carbocycles. The molecule has 9 heteroatoms. The van der Waals surface area contributed by atoms with E-state index in [2.05, 4.69) is 0 Å². The minimum atomic E-state index is -2.62. The molecule has 2 saturated carbocycles. The van der Waals surface area contributed by atoms with Crippen molar-refractivity contribution in [2.45, 2.75) is 30.3 Å². The van der Waals surface area contributed by atoms with Gasteiger partial charge in [-0.1, -0.05) is 29.3 Å². The first kappa shape index (κ1) is 17.4. The van der Waals surface area contributed by atoms with E-state index in [4.69, 9.17) is 38.8 Å². The maximum atomic E-state index is 14.4. The van der Waals surface area contributed by atoms with Crippen LogP contribution < -0.4 is 5.73 Å². The number of carbonyl (C=O) groups is 2. The summed E-state index contributed by atoms with van der Waals surface area (Å²) in [5.74, 6) is -5.50. The van der Waals surface area contributed by atoms with Gasteiger partial charge in [0.05, 0.1) is 12.7 Å². The predicted molar refractivity (Wildman–Crippen MR) is 82.7 cm³/mol. The Bertz CT molecular complexity index is 712. The highest BCUT2D eigenvalue weighted by Gasteiger charge is 2.85. The average Bonchev–Trinajstić information content (AvgIpc) is 2.97. The minimum Gasteiger partial charge on any atom is -0.480 e. The predicted octanol–water partition coefficient (Wildman–Crippen LogP) is 2.10. The highest BCUT2D eigenvalue weighted by atomic mass is 35.5. The van der Waals surface area contributed by atoms with Crippen LogP contribution in [0.5, 0.6) is 0 Å². The van der Waals surface area contributed by atoms with Crippen LogP contribution in [0.2, 0.25) is 10.0 Å². The number of halogens is 3. The Morgan fingerprint density at radius 2 is 1.88 bits per heavy atom. The molecule has 24 heavy (non-hydrogen) atoms. The summed E-state index contributed by atoms with van der Waals surface area (Å²) in [4.78, 5) is 22.7. The molecule has 3 rings (SSSR count). The Morgan fingerprint density at radius 1 is 1.29 bits per heavy atom. The minimum absolute atomic E-state index is 0.0989. The third kappa shape index (κ3) is 2.23. The lowest BCUT2D eigenvalue weighted by Crippen LogP contribution is -2.60. The molecule has 6 nitrogen and oxygen atoms in total. The van der Waals surface area contributed by atoms with Crippen LogP contribution in [0.3, 0.4) is 0 Å². The number of hydrogen-bond donors (Lipinski definition) is 3. The summed E-state index contributed by atoms with van der Waals surface area (Å²) in [6.07, 6.45) is -1.14. The number of rotatable bonds is 5. The van der Waals surface area contributed by atoms with E-state index in [1.54, 1.807) is 18.2 Å². The van der Waals surface area contributed by atoms with Crippen molar-refractivity contribution in [1.82, 2.24) is 0 Å². The van der Waals surface area contributed by atoms with E-state index in [1.165, 1.54) is 0 Å². The lowest BCUT2D eigenvalue weighted by atomic mass is 9.88. The van der Waals surface area contributed by atoms with E-state index in [0.717, 1.165) is 0 Å². The molecule has 2 fully saturated rings. The molecule has 0 bridgehead atoms. The topological polar surface area (TPSA) is 110 Å². The Kier molecular flexibility index (Phi) is 4.03. The molecular formula is C15H14Cl2FNO5. The first-order valence-corrected chi connectivity index (χ1v) is 7.89. The van der Waals surface area contributed by atoms with Crippen molar-refractivity contribution in [2.75, 3.05) is 0 Å². The third-order valence-corrected chi connectivity index (χ3v) is 5.70. The molecule has 0 heterocycles. The Morgan fingerprint density at radius 3 is 2.38 bits per heavy atom. The van der Waals surface area contributed by atoms with Crippen molar-refractivity contribution in [2.24, 2.45) is 17.6 Å². The molecule has 0 radical (unpaired) electrons. The molecule has 0 aromatic heterocycles. The SMILES string of the molecule is N[C@]1(C(=O)O)[C@H]2[C@@H](C[C@H]1OCc1c(Cl)cccc1Cl)[C@]2(F)C(=O)O. The van der Waals surface area contributed by atoms with Gasteiger partial charge < -0.3 is 20.7 Å². The van der Waals surface area contributed by atoms with Crippen LogP contribution in [0.15, 0.2) is 18.2 Å². The zero-order valence-corrected chi connectivity index (χ0v) is 13.7. The average molecular weight is 378 g/mol. The van der Waals surface area contributed by atoms with E-state index in [1.807, 2.05) is 0 Å². The lowest BCUT2D eigenvalue weighted by molar-refractivity contribution is -0.156. The number of ether oxygens (including phenoxy) is 1. The van der Waals surface area contributed by atoms with Crippen LogP contribution in [0.1, 0.15) is 12.0 Å². The second-order valence-electron chi connectivity index (χ2n) is 6.13. The van der Waals surface area contributed by atoms with Crippen LogP contribution >= 0.6 is 23.2 Å². The molecule has 1 aromatic carbocycles. The van der Waals surface area contributed by atoms with Crippen LogP contribution in [-0.4, -0.2) is 39.5 Å². The van der Waals surface area contributed by atoms with Gasteiger partial charge in [-0.25, -0.2) is 9.18 Å². The highest BCUT2D eigenvalue weighted by molar-refractivity contribution is 6.35. The molecule has 0 amide bonds. The monoisotopic (exact) mass is 377 g/mol. The van der Waals surface area contributed by atoms with E-state index in [0.29, 0.717) is 15.6 Å². The lowest BCUT2D eigenvalue weighted by Gasteiger charge is -2.31. The van der Waals surface area contributed by atoms with Gasteiger partial charge in [0.15, 0.2) is 0 Å². The van der Waals surface area contributed by atoms with Gasteiger partial charge in [0.25, 0.3) is 0 Å². The van der Waals surface area contributed by atoms with Crippen LogP contribution in [0.25, 0.3) is 0 Å². The second kappa shape index (κ2) is 5.56. The summed E-state index contributed by atoms with van der Waals surface area (Å²) in [5, 5.41) is 19.1. The van der Waals surface area contributed by atoms with Crippen molar-refractivity contribution in [3.05, 3.63) is 33.8 Å². The molecule has 0 aliphatic heterocycles. The zero-order valence-electron chi connectivity index (χ0n) is 12.2. The smallest absolute Gasteiger partial charge is 0.342 e. The first-order valence-electron chi connectivity index (χ1n) is 7.14. The van der Waals surface area contributed by atoms with Gasteiger partial charge in [-0.05, 0) is 18.6 Å². The van der Waals surface area contributed by atoms with Gasteiger partial charge in [-0.3, -0.25) is 4.79 Å². The van der Waals surface area contributed by atoms with Gasteiger partial charge in [0.2, 0.25) is 5.67 Å². The number of carboxylic acid groups (broad SMARTS) is 2. The standard InChI is InChI=1S/C15H14Cl2FNO5/c16-8-2-1-3-9(17)6(8)5-24-10-4-7-11(14(7,18)12(20)21)15(10,19)13(22)23/h1-3,7,10-11H,4-5,19H2,(H,20,21)(H,22,23)/t7-,10-,11+,14-,15+/m1/s1. The number of hydrogen-bond acceptors (Lipinski definition) is 4. The Hall–Kier alpha value is -1.41. The number of carboxylic acids is 2. The summed E-state index contributed by atoms with van der Waals surface area (Å²) < 4.78 is 20.0. The zero-order chi connectivity index (χ0) is 17.9. The Labute approximate surface area is 146 Å². The summed E-state index contributed by atoms with van der Waals surface area (Å²) >= 11 is 12.0. The number of alkyl halides is 1. The number of benzene rings is 1. The molecule has 5 atom stereocenters. The van der Waals surface area contributed by atoms with Crippen molar-refractivity contribution in [1.29, 1.82) is 0 Å². The van der Waals surface area contributed by atoms with E-state index in [9.17, 15) is 19.1 Å². The fourth-order valence-corrected chi connectivity index (χ4v) is 4.17. The summed E-state index contributed by atoms with van der Waals surface area (Å²) in [6.45, 7) is -0.110. The second-order valence-corrected chi connectivity index (χ2v) is 6.95. The maximum Gasteiger partial charge on any atom is 0.342 e. The third-order valence-electron chi connectivity index (χ3n) is 4.99. The van der Waals surface area contributed by atoms with Gasteiger partial charge in [0, 0.05) is 27.4 Å². The quantitative estimate of drug-likeness (QED) is 0.724. The number of aliphatic carboxylic acids is 2. The molecule has 1 aromatic rings. The van der Waals surface area contributed by atoms with Crippen molar-refractivity contribution in [3.8, 4) is 0 Å². The number of fused-ring (bicyclic) bond motifs is 1. The van der Waals surface area contributed by atoms with Crippen LogP contribution in [-0.2, 0) is 20.9 Å². The molecule has 4 N–H and O–H groups in total. The van der Waals surface area contributed by atoms with Crippen molar-refractivity contribution in [3.63, 3.8) is 0 Å². The van der Waals surface area contributed by atoms with E-state index < -0.39 is 41.1 Å². The molecular weight excluding hydrogens is 364 g/mol. The number of nitrogens with two attached hydrogens (primary N) is 1. The highest BCUT2D eigenvalue weighted by Crippen LogP contribution is 2.67. The van der Waals surface area contributed by atoms with E-state index >= 15 is 0 Å². The fourth-order valence-electron chi connectivity index (χ4n) is 3.66. The molecule has 130 valence electrons.